The minimum absolute atomic E-state index is 0.185. The zero-order valence-corrected chi connectivity index (χ0v) is 11.3. The van der Waals surface area contributed by atoms with Crippen LogP contribution in [0.15, 0.2) is 24.4 Å². The number of hydrogen-bond acceptors (Lipinski definition) is 2. The maximum Gasteiger partial charge on any atom is 0.0965 e. The summed E-state index contributed by atoms with van der Waals surface area (Å²) >= 11 is 9.57. The molecule has 0 aliphatic rings. The van der Waals surface area contributed by atoms with Gasteiger partial charge in [0.25, 0.3) is 0 Å². The Morgan fingerprint density at radius 2 is 2.19 bits per heavy atom. The number of aryl methyl sites for hydroxylation is 1. The van der Waals surface area contributed by atoms with Crippen molar-refractivity contribution in [2.45, 2.75) is 18.7 Å². The lowest BCUT2D eigenvalue weighted by molar-refractivity contribution is 0.797. The predicted molar refractivity (Wildman–Crippen MR) is 68.4 cm³/mol. The third-order valence-electron chi connectivity index (χ3n) is 2.27. The van der Waals surface area contributed by atoms with Crippen LogP contribution >= 0.6 is 27.5 Å². The second-order valence-electron chi connectivity index (χ2n) is 3.66. The molecule has 5 heteroatoms. The van der Waals surface area contributed by atoms with Crippen molar-refractivity contribution >= 4 is 27.5 Å². The van der Waals surface area contributed by atoms with Crippen LogP contribution < -0.4 is 0 Å². The standard InChI is InChI=1S/C11H11BrClN3/c1-7-3-4-9(13)11(5-7)16-6-10(8(2)12)14-15-16/h3-6,8H,1-2H3. The van der Waals surface area contributed by atoms with Crippen LogP contribution in [-0.2, 0) is 0 Å². The van der Waals surface area contributed by atoms with Crippen molar-refractivity contribution in [3.63, 3.8) is 0 Å². The number of nitrogens with zero attached hydrogens (tertiary/aromatic N) is 3. The molecular weight excluding hydrogens is 289 g/mol. The molecular formula is C11H11BrClN3. The van der Waals surface area contributed by atoms with Crippen molar-refractivity contribution in [3.8, 4) is 5.69 Å². The van der Waals surface area contributed by atoms with Gasteiger partial charge in [0, 0.05) is 0 Å². The fourth-order valence-corrected chi connectivity index (χ4v) is 1.79. The molecule has 16 heavy (non-hydrogen) atoms. The van der Waals surface area contributed by atoms with Crippen molar-refractivity contribution in [1.82, 2.24) is 15.0 Å². The van der Waals surface area contributed by atoms with Crippen LogP contribution in [0.3, 0.4) is 0 Å². The number of rotatable bonds is 2. The topological polar surface area (TPSA) is 30.7 Å². The zero-order valence-electron chi connectivity index (χ0n) is 8.98. The predicted octanol–water partition coefficient (Wildman–Crippen LogP) is 3.69. The lowest BCUT2D eigenvalue weighted by Crippen LogP contribution is -1.96. The Bertz CT molecular complexity index is 508. The Morgan fingerprint density at radius 3 is 2.81 bits per heavy atom. The summed E-state index contributed by atoms with van der Waals surface area (Å²) in [6.45, 7) is 4.02. The van der Waals surface area contributed by atoms with Gasteiger partial charge in [0.15, 0.2) is 0 Å². The molecule has 0 spiro atoms. The number of halogens is 2. The second kappa shape index (κ2) is 4.55. The van der Waals surface area contributed by atoms with E-state index < -0.39 is 0 Å². The van der Waals surface area contributed by atoms with E-state index in [-0.39, 0.29) is 4.83 Å². The Balaban J connectivity index is 2.46. The Morgan fingerprint density at radius 1 is 1.44 bits per heavy atom. The van der Waals surface area contributed by atoms with Crippen molar-refractivity contribution in [1.29, 1.82) is 0 Å². The van der Waals surface area contributed by atoms with Crippen molar-refractivity contribution < 1.29 is 0 Å². The van der Waals surface area contributed by atoms with Crippen LogP contribution in [0.25, 0.3) is 5.69 Å². The molecule has 0 bridgehead atoms. The summed E-state index contributed by atoms with van der Waals surface area (Å²) in [5, 5.41) is 8.80. The first kappa shape index (κ1) is 11.6. The molecule has 1 aromatic carbocycles. The van der Waals surface area contributed by atoms with Crippen LogP contribution in [0.5, 0.6) is 0 Å². The summed E-state index contributed by atoms with van der Waals surface area (Å²) in [4.78, 5) is 0.185. The summed E-state index contributed by atoms with van der Waals surface area (Å²) in [5.41, 5.74) is 2.88. The normalized spacial score (nSPS) is 12.8. The van der Waals surface area contributed by atoms with Crippen LogP contribution in [0.4, 0.5) is 0 Å². The fraction of sp³-hybridized carbons (Fsp3) is 0.273. The smallest absolute Gasteiger partial charge is 0.0965 e. The monoisotopic (exact) mass is 299 g/mol. The summed E-state index contributed by atoms with van der Waals surface area (Å²) in [6.07, 6.45) is 1.88. The largest absolute Gasteiger partial charge is 0.219 e. The van der Waals surface area contributed by atoms with Gasteiger partial charge in [0.1, 0.15) is 0 Å². The Kier molecular flexibility index (Phi) is 3.30. The lowest BCUT2D eigenvalue weighted by Gasteiger charge is -2.04. The molecule has 1 heterocycles. The number of aromatic nitrogens is 3. The van der Waals surface area contributed by atoms with Gasteiger partial charge in [0.2, 0.25) is 0 Å². The molecule has 0 saturated carbocycles. The number of benzene rings is 1. The molecule has 1 unspecified atom stereocenters. The number of alkyl halides is 1. The van der Waals surface area contributed by atoms with Gasteiger partial charge in [-0.3, -0.25) is 0 Å². The maximum absolute atomic E-state index is 6.12. The minimum Gasteiger partial charge on any atom is -0.219 e. The Hall–Kier alpha value is -0.870. The van der Waals surface area contributed by atoms with Gasteiger partial charge in [0.05, 0.1) is 27.4 Å². The molecule has 0 aliphatic heterocycles. The van der Waals surface area contributed by atoms with Crippen LogP contribution in [0.2, 0.25) is 5.02 Å². The van der Waals surface area contributed by atoms with Crippen LogP contribution in [0, 0.1) is 6.92 Å². The first-order valence-electron chi connectivity index (χ1n) is 4.91. The average Bonchev–Trinajstić information content (AvgIpc) is 2.70. The van der Waals surface area contributed by atoms with Crippen molar-refractivity contribution in [3.05, 3.63) is 40.7 Å². The molecule has 0 amide bonds. The third kappa shape index (κ3) is 2.28. The Labute approximate surface area is 108 Å². The summed E-state index contributed by atoms with van der Waals surface area (Å²) in [6, 6.07) is 5.82. The highest BCUT2D eigenvalue weighted by Crippen LogP contribution is 2.23. The molecule has 0 aliphatic carbocycles. The number of hydrogen-bond donors (Lipinski definition) is 0. The van der Waals surface area contributed by atoms with Gasteiger partial charge >= 0.3 is 0 Å². The van der Waals surface area contributed by atoms with E-state index >= 15 is 0 Å². The van der Waals surface area contributed by atoms with Gasteiger partial charge in [-0.25, -0.2) is 4.68 Å². The van der Waals surface area contributed by atoms with E-state index in [2.05, 4.69) is 26.2 Å². The molecule has 2 aromatic rings. The average molecular weight is 301 g/mol. The highest BCUT2D eigenvalue weighted by Gasteiger charge is 2.09. The SMILES string of the molecule is Cc1ccc(Cl)c(-n2cc(C(C)Br)nn2)c1. The van der Waals surface area contributed by atoms with Gasteiger partial charge in [-0.1, -0.05) is 38.8 Å². The molecule has 3 nitrogen and oxygen atoms in total. The van der Waals surface area contributed by atoms with Crippen molar-refractivity contribution in [2.24, 2.45) is 0 Å². The third-order valence-corrected chi connectivity index (χ3v) is 3.06. The van der Waals surface area contributed by atoms with Gasteiger partial charge < -0.3 is 0 Å². The van der Waals surface area contributed by atoms with Crippen LogP contribution in [-0.4, -0.2) is 15.0 Å². The molecule has 0 radical (unpaired) electrons. The maximum atomic E-state index is 6.12. The highest BCUT2D eigenvalue weighted by molar-refractivity contribution is 9.09. The van der Waals surface area contributed by atoms with E-state index in [9.17, 15) is 0 Å². The van der Waals surface area contributed by atoms with E-state index in [4.69, 9.17) is 11.6 Å². The van der Waals surface area contributed by atoms with E-state index in [1.165, 1.54) is 0 Å². The van der Waals surface area contributed by atoms with Gasteiger partial charge in [-0.05, 0) is 31.5 Å². The molecule has 1 atom stereocenters. The second-order valence-corrected chi connectivity index (χ2v) is 5.44. The van der Waals surface area contributed by atoms with Gasteiger partial charge in [-0.2, -0.15) is 0 Å². The first-order valence-corrected chi connectivity index (χ1v) is 6.20. The van der Waals surface area contributed by atoms with E-state index in [0.717, 1.165) is 16.9 Å². The first-order chi connectivity index (χ1) is 7.58. The molecule has 2 rings (SSSR count). The van der Waals surface area contributed by atoms with E-state index in [1.807, 2.05) is 38.2 Å². The lowest BCUT2D eigenvalue weighted by atomic mass is 10.2. The molecule has 0 N–H and O–H groups in total. The zero-order chi connectivity index (χ0) is 11.7. The fourth-order valence-electron chi connectivity index (χ4n) is 1.38. The van der Waals surface area contributed by atoms with Crippen molar-refractivity contribution in [2.75, 3.05) is 0 Å². The van der Waals surface area contributed by atoms with Gasteiger partial charge in [-0.15, -0.1) is 5.10 Å². The molecule has 1 aromatic heterocycles. The molecule has 84 valence electrons. The highest BCUT2D eigenvalue weighted by atomic mass is 79.9. The van der Waals surface area contributed by atoms with E-state index in [1.54, 1.807) is 4.68 Å². The van der Waals surface area contributed by atoms with Crippen LogP contribution in [0.1, 0.15) is 23.0 Å². The molecule has 0 saturated heterocycles. The summed E-state index contributed by atoms with van der Waals surface area (Å²) in [7, 11) is 0. The summed E-state index contributed by atoms with van der Waals surface area (Å²) < 4.78 is 1.70. The molecule has 0 fully saturated rings. The minimum atomic E-state index is 0.185. The van der Waals surface area contributed by atoms with E-state index in [0.29, 0.717) is 5.02 Å². The summed E-state index contributed by atoms with van der Waals surface area (Å²) in [5.74, 6) is 0. The quantitative estimate of drug-likeness (QED) is 0.792.